The minimum absolute atomic E-state index is 0.172. The Bertz CT molecular complexity index is 896. The topological polar surface area (TPSA) is 49.6 Å². The van der Waals surface area contributed by atoms with Gasteiger partial charge in [-0.3, -0.25) is 14.7 Å². The van der Waals surface area contributed by atoms with E-state index < -0.39 is 0 Å². The molecule has 3 heterocycles. The number of furan rings is 1. The summed E-state index contributed by atoms with van der Waals surface area (Å²) in [5.74, 6) is 0.172. The third kappa shape index (κ3) is 3.63. The first-order valence-corrected chi connectivity index (χ1v) is 9.06. The monoisotopic (exact) mass is 349 g/mol. The van der Waals surface area contributed by atoms with Crippen LogP contribution >= 0.6 is 0 Å². The lowest BCUT2D eigenvalue weighted by molar-refractivity contribution is -0.132. The van der Waals surface area contributed by atoms with Gasteiger partial charge in [-0.25, -0.2) is 0 Å². The Morgan fingerprint density at radius 3 is 2.77 bits per heavy atom. The molecule has 0 radical (unpaired) electrons. The van der Waals surface area contributed by atoms with Crippen molar-refractivity contribution in [3.8, 4) is 0 Å². The van der Waals surface area contributed by atoms with Crippen molar-refractivity contribution in [2.24, 2.45) is 0 Å². The van der Waals surface area contributed by atoms with E-state index in [1.54, 1.807) is 6.26 Å². The Balaban J connectivity index is 1.34. The highest BCUT2D eigenvalue weighted by Gasteiger charge is 2.22. The summed E-state index contributed by atoms with van der Waals surface area (Å²) in [6.07, 6.45) is 3.95. The molecule has 26 heavy (non-hydrogen) atoms. The van der Waals surface area contributed by atoms with Crippen LogP contribution in [-0.4, -0.2) is 46.9 Å². The first-order chi connectivity index (χ1) is 12.7. The fourth-order valence-electron chi connectivity index (χ4n) is 3.48. The first kappa shape index (κ1) is 16.8. The van der Waals surface area contributed by atoms with E-state index in [2.05, 4.69) is 16.0 Å². The maximum atomic E-state index is 12.7. The van der Waals surface area contributed by atoms with Crippen molar-refractivity contribution < 1.29 is 9.21 Å². The molecule has 134 valence electrons. The third-order valence-corrected chi connectivity index (χ3v) is 4.99. The van der Waals surface area contributed by atoms with E-state index in [0.29, 0.717) is 6.42 Å². The number of aromatic nitrogens is 1. The van der Waals surface area contributed by atoms with Crippen molar-refractivity contribution in [2.45, 2.75) is 19.9 Å². The fourth-order valence-corrected chi connectivity index (χ4v) is 3.48. The zero-order chi connectivity index (χ0) is 17.9. The second-order valence-corrected chi connectivity index (χ2v) is 6.92. The molecule has 1 fully saturated rings. The molecule has 1 aliphatic rings. The van der Waals surface area contributed by atoms with E-state index in [-0.39, 0.29) is 5.91 Å². The molecule has 0 atom stereocenters. The molecule has 0 aliphatic carbocycles. The molecule has 3 aromatic rings. The minimum Gasteiger partial charge on any atom is -0.464 e. The van der Waals surface area contributed by atoms with Gasteiger partial charge < -0.3 is 9.32 Å². The first-order valence-electron chi connectivity index (χ1n) is 9.06. The van der Waals surface area contributed by atoms with E-state index in [1.807, 2.05) is 48.4 Å². The number of amides is 1. The summed E-state index contributed by atoms with van der Waals surface area (Å²) in [4.78, 5) is 21.4. The Morgan fingerprint density at radius 2 is 2.00 bits per heavy atom. The molecule has 0 N–H and O–H groups in total. The number of hydrogen-bond acceptors (Lipinski definition) is 4. The van der Waals surface area contributed by atoms with Crippen LogP contribution < -0.4 is 0 Å². The molecule has 4 rings (SSSR count). The fraction of sp³-hybridized carbons (Fsp3) is 0.333. The number of nitrogens with zero attached hydrogens (tertiary/aromatic N) is 3. The highest BCUT2D eigenvalue weighted by molar-refractivity contribution is 5.88. The standard InChI is InChI=1S/C21H23N3O2/c1-16-5-6-19-17(15-26-20(19)12-16)13-21(25)24-10-8-23(9-11-24)14-18-4-2-3-7-22-18/h2-7,12,15H,8-11,13-14H2,1H3. The van der Waals surface area contributed by atoms with Crippen LogP contribution in [-0.2, 0) is 17.8 Å². The molecule has 1 aliphatic heterocycles. The molecule has 0 unspecified atom stereocenters. The van der Waals surface area contributed by atoms with E-state index in [9.17, 15) is 4.79 Å². The Morgan fingerprint density at radius 1 is 1.15 bits per heavy atom. The van der Waals surface area contributed by atoms with Gasteiger partial charge >= 0.3 is 0 Å². The summed E-state index contributed by atoms with van der Waals surface area (Å²) >= 11 is 0. The van der Waals surface area contributed by atoms with Crippen LogP contribution in [0.3, 0.4) is 0 Å². The summed E-state index contributed by atoms with van der Waals surface area (Å²) in [6.45, 7) is 6.17. The van der Waals surface area contributed by atoms with Crippen LogP contribution in [0.4, 0.5) is 0 Å². The molecule has 5 nitrogen and oxygen atoms in total. The van der Waals surface area contributed by atoms with E-state index in [4.69, 9.17) is 4.42 Å². The number of benzene rings is 1. The summed E-state index contributed by atoms with van der Waals surface area (Å²) in [7, 11) is 0. The number of carbonyl (C=O) groups excluding carboxylic acids is 1. The highest BCUT2D eigenvalue weighted by atomic mass is 16.3. The van der Waals surface area contributed by atoms with Gasteiger partial charge in [-0.05, 0) is 30.7 Å². The highest BCUT2D eigenvalue weighted by Crippen LogP contribution is 2.23. The van der Waals surface area contributed by atoms with Gasteiger partial charge in [0, 0.05) is 49.9 Å². The minimum atomic E-state index is 0.172. The zero-order valence-electron chi connectivity index (χ0n) is 15.0. The van der Waals surface area contributed by atoms with Gasteiger partial charge in [-0.15, -0.1) is 0 Å². The largest absolute Gasteiger partial charge is 0.464 e. The summed E-state index contributed by atoms with van der Waals surface area (Å²) in [5.41, 5.74) is 4.06. The number of fused-ring (bicyclic) bond motifs is 1. The normalized spacial score (nSPS) is 15.5. The summed E-state index contributed by atoms with van der Waals surface area (Å²) in [6, 6.07) is 12.1. The Labute approximate surface area is 153 Å². The molecule has 1 aromatic carbocycles. The smallest absolute Gasteiger partial charge is 0.227 e. The van der Waals surface area contributed by atoms with Crippen molar-refractivity contribution in [3.05, 3.63) is 65.7 Å². The lowest BCUT2D eigenvalue weighted by Gasteiger charge is -2.34. The van der Waals surface area contributed by atoms with Crippen LogP contribution in [0.5, 0.6) is 0 Å². The SMILES string of the molecule is Cc1ccc2c(CC(=O)N3CCN(Cc4ccccn4)CC3)coc2c1. The Hall–Kier alpha value is -2.66. The molecule has 1 amide bonds. The molecular formula is C21H23N3O2. The van der Waals surface area contributed by atoms with Crippen molar-refractivity contribution >= 4 is 16.9 Å². The van der Waals surface area contributed by atoms with Crippen LogP contribution in [0.2, 0.25) is 0 Å². The lowest BCUT2D eigenvalue weighted by Crippen LogP contribution is -2.48. The van der Waals surface area contributed by atoms with E-state index in [0.717, 1.165) is 60.5 Å². The second-order valence-electron chi connectivity index (χ2n) is 6.92. The Kier molecular flexibility index (Phi) is 4.71. The molecule has 0 saturated carbocycles. The lowest BCUT2D eigenvalue weighted by atomic mass is 10.1. The van der Waals surface area contributed by atoms with Crippen molar-refractivity contribution in [3.63, 3.8) is 0 Å². The number of rotatable bonds is 4. The summed E-state index contributed by atoms with van der Waals surface area (Å²) in [5, 5.41) is 1.04. The van der Waals surface area contributed by atoms with Gasteiger partial charge in [0.25, 0.3) is 0 Å². The van der Waals surface area contributed by atoms with Gasteiger partial charge in [-0.2, -0.15) is 0 Å². The third-order valence-electron chi connectivity index (χ3n) is 4.99. The van der Waals surface area contributed by atoms with Crippen LogP contribution in [0, 0.1) is 6.92 Å². The van der Waals surface area contributed by atoms with Gasteiger partial charge in [0.2, 0.25) is 5.91 Å². The predicted octanol–water partition coefficient (Wildman–Crippen LogP) is 3.02. The number of hydrogen-bond donors (Lipinski definition) is 0. The number of carbonyl (C=O) groups is 1. The van der Waals surface area contributed by atoms with Crippen LogP contribution in [0.1, 0.15) is 16.8 Å². The number of piperazine rings is 1. The molecule has 0 bridgehead atoms. The molecular weight excluding hydrogens is 326 g/mol. The molecule has 0 spiro atoms. The van der Waals surface area contributed by atoms with Crippen molar-refractivity contribution in [1.82, 2.24) is 14.8 Å². The quantitative estimate of drug-likeness (QED) is 0.726. The van der Waals surface area contributed by atoms with E-state index >= 15 is 0 Å². The van der Waals surface area contributed by atoms with Crippen molar-refractivity contribution in [2.75, 3.05) is 26.2 Å². The maximum Gasteiger partial charge on any atom is 0.227 e. The zero-order valence-corrected chi connectivity index (χ0v) is 15.0. The second kappa shape index (κ2) is 7.30. The van der Waals surface area contributed by atoms with Gasteiger partial charge in [0.1, 0.15) is 5.58 Å². The molecule has 1 saturated heterocycles. The van der Waals surface area contributed by atoms with Gasteiger partial charge in [0.05, 0.1) is 18.4 Å². The van der Waals surface area contributed by atoms with E-state index in [1.165, 1.54) is 0 Å². The van der Waals surface area contributed by atoms with Crippen LogP contribution in [0.15, 0.2) is 53.3 Å². The van der Waals surface area contributed by atoms with Crippen LogP contribution in [0.25, 0.3) is 11.0 Å². The summed E-state index contributed by atoms with van der Waals surface area (Å²) < 4.78 is 5.62. The van der Waals surface area contributed by atoms with Crippen molar-refractivity contribution in [1.29, 1.82) is 0 Å². The number of aryl methyl sites for hydroxylation is 1. The van der Waals surface area contributed by atoms with Gasteiger partial charge in [0.15, 0.2) is 0 Å². The molecule has 5 heteroatoms. The molecule has 2 aromatic heterocycles. The average Bonchev–Trinajstić information content (AvgIpc) is 3.05. The average molecular weight is 349 g/mol. The van der Waals surface area contributed by atoms with Gasteiger partial charge in [-0.1, -0.05) is 18.2 Å². The maximum absolute atomic E-state index is 12.7. The number of pyridine rings is 1. The predicted molar refractivity (Wildman–Crippen MR) is 101 cm³/mol.